The predicted molar refractivity (Wildman–Crippen MR) is 44.2 cm³/mol. The Hall–Kier alpha value is -0.650. The fraction of sp³-hybridized carbons (Fsp3) is 0.857. The fourth-order valence-electron chi connectivity index (χ4n) is 1.25. The second-order valence-corrected chi connectivity index (χ2v) is 3.08. The number of morpholine rings is 1. The van der Waals surface area contributed by atoms with Crippen LogP contribution in [0, 0.1) is 0 Å². The second kappa shape index (κ2) is 3.84. The number of rotatable bonds is 1. The maximum Gasteiger partial charge on any atom is 0.253 e. The Balaban J connectivity index is 2.57. The van der Waals surface area contributed by atoms with E-state index >= 15 is 0 Å². The van der Waals surface area contributed by atoms with Gasteiger partial charge in [0, 0.05) is 6.04 Å². The largest absolute Gasteiger partial charge is 0.378 e. The van der Waals surface area contributed by atoms with Crippen molar-refractivity contribution in [2.75, 3.05) is 20.3 Å². The van der Waals surface area contributed by atoms with Crippen LogP contribution in [0.2, 0.25) is 0 Å². The van der Waals surface area contributed by atoms with Gasteiger partial charge in [-0.25, -0.2) is 5.84 Å². The maximum atomic E-state index is 11.2. The van der Waals surface area contributed by atoms with Crippen molar-refractivity contribution in [2.24, 2.45) is 5.84 Å². The predicted octanol–water partition coefficient (Wildman–Crippen LogP) is -1.30. The third-order valence-corrected chi connectivity index (χ3v) is 2.27. The third kappa shape index (κ3) is 1.74. The highest BCUT2D eigenvalue weighted by Crippen LogP contribution is 2.09. The first kappa shape index (κ1) is 9.44. The van der Waals surface area contributed by atoms with Gasteiger partial charge in [0.1, 0.15) is 6.04 Å². The zero-order chi connectivity index (χ0) is 9.14. The number of ether oxygens (including phenoxy) is 1. The molecule has 2 unspecified atom stereocenters. The van der Waals surface area contributed by atoms with Crippen molar-refractivity contribution >= 4 is 5.91 Å². The van der Waals surface area contributed by atoms with E-state index in [1.165, 1.54) is 0 Å². The molecule has 0 aromatic carbocycles. The van der Waals surface area contributed by atoms with Gasteiger partial charge in [-0.15, -0.1) is 0 Å². The van der Waals surface area contributed by atoms with Crippen molar-refractivity contribution in [3.8, 4) is 0 Å². The van der Waals surface area contributed by atoms with Gasteiger partial charge >= 0.3 is 0 Å². The summed E-state index contributed by atoms with van der Waals surface area (Å²) in [5, 5.41) is 0. The van der Waals surface area contributed by atoms with Crippen molar-refractivity contribution in [3.63, 3.8) is 0 Å². The molecular formula is C7H15N3O2. The zero-order valence-corrected chi connectivity index (χ0v) is 7.41. The third-order valence-electron chi connectivity index (χ3n) is 2.27. The smallest absolute Gasteiger partial charge is 0.253 e. The number of nitrogens with one attached hydrogen (secondary N) is 1. The average molecular weight is 173 g/mol. The summed E-state index contributed by atoms with van der Waals surface area (Å²) < 4.78 is 5.23. The molecule has 1 fully saturated rings. The summed E-state index contributed by atoms with van der Waals surface area (Å²) >= 11 is 0. The number of carbonyl (C=O) groups excluding carboxylic acids is 1. The lowest BCUT2D eigenvalue weighted by Crippen LogP contribution is -2.56. The minimum absolute atomic E-state index is 0.191. The van der Waals surface area contributed by atoms with Gasteiger partial charge in [-0.3, -0.25) is 15.1 Å². The van der Waals surface area contributed by atoms with Crippen molar-refractivity contribution in [3.05, 3.63) is 0 Å². The van der Waals surface area contributed by atoms with Crippen LogP contribution < -0.4 is 11.3 Å². The highest BCUT2D eigenvalue weighted by atomic mass is 16.5. The number of nitrogens with zero attached hydrogens (tertiary/aromatic N) is 1. The molecule has 0 bridgehead atoms. The van der Waals surface area contributed by atoms with Gasteiger partial charge in [0.05, 0.1) is 13.2 Å². The molecule has 5 heteroatoms. The van der Waals surface area contributed by atoms with Gasteiger partial charge < -0.3 is 4.74 Å². The highest BCUT2D eigenvalue weighted by molar-refractivity contribution is 5.81. The molecule has 0 saturated carbocycles. The van der Waals surface area contributed by atoms with Crippen LogP contribution in [0.5, 0.6) is 0 Å². The number of hydrogen-bond donors (Lipinski definition) is 2. The highest BCUT2D eigenvalue weighted by Gasteiger charge is 2.30. The zero-order valence-electron chi connectivity index (χ0n) is 7.41. The minimum atomic E-state index is -0.251. The SMILES string of the molecule is CC1COCC(C(=O)NN)N1C. The second-order valence-electron chi connectivity index (χ2n) is 3.08. The van der Waals surface area contributed by atoms with Crippen molar-refractivity contribution < 1.29 is 9.53 Å². The van der Waals surface area contributed by atoms with Gasteiger partial charge in [0.15, 0.2) is 0 Å². The van der Waals surface area contributed by atoms with E-state index in [4.69, 9.17) is 10.6 Å². The van der Waals surface area contributed by atoms with Crippen LogP contribution in [0.25, 0.3) is 0 Å². The summed E-state index contributed by atoms with van der Waals surface area (Å²) in [6.45, 7) is 3.10. The Bertz CT molecular complexity index is 174. The lowest BCUT2D eigenvalue weighted by Gasteiger charge is -2.36. The van der Waals surface area contributed by atoms with E-state index in [9.17, 15) is 4.79 Å². The van der Waals surface area contributed by atoms with E-state index in [1.54, 1.807) is 0 Å². The van der Waals surface area contributed by atoms with E-state index in [2.05, 4.69) is 5.43 Å². The fourth-order valence-corrected chi connectivity index (χ4v) is 1.25. The molecule has 0 radical (unpaired) electrons. The van der Waals surface area contributed by atoms with E-state index < -0.39 is 0 Å². The van der Waals surface area contributed by atoms with Crippen LogP contribution in [0.15, 0.2) is 0 Å². The standard InChI is InChI=1S/C7H15N3O2/c1-5-3-12-4-6(10(5)2)7(11)9-8/h5-6H,3-4,8H2,1-2H3,(H,9,11). The number of likely N-dealkylation sites (N-methyl/N-ethyl adjacent to an activating group) is 1. The van der Waals surface area contributed by atoms with Crippen LogP contribution in [0.4, 0.5) is 0 Å². The summed E-state index contributed by atoms with van der Waals surface area (Å²) in [6.07, 6.45) is 0. The number of carbonyl (C=O) groups is 1. The minimum Gasteiger partial charge on any atom is -0.378 e. The summed E-state index contributed by atoms with van der Waals surface area (Å²) in [7, 11) is 1.90. The molecule has 1 aliphatic rings. The molecule has 1 aliphatic heterocycles. The Kier molecular flexibility index (Phi) is 3.02. The number of nitrogens with two attached hydrogens (primary N) is 1. The van der Waals surface area contributed by atoms with Gasteiger partial charge in [-0.05, 0) is 14.0 Å². The van der Waals surface area contributed by atoms with Crippen molar-refractivity contribution in [1.82, 2.24) is 10.3 Å². The Labute approximate surface area is 71.8 Å². The summed E-state index contributed by atoms with van der Waals surface area (Å²) in [5.74, 6) is 4.84. The van der Waals surface area contributed by atoms with E-state index in [1.807, 2.05) is 18.9 Å². The van der Waals surface area contributed by atoms with E-state index in [0.29, 0.717) is 13.2 Å². The first-order valence-corrected chi connectivity index (χ1v) is 3.97. The molecule has 70 valence electrons. The lowest BCUT2D eigenvalue weighted by atomic mass is 10.1. The first-order chi connectivity index (χ1) is 5.66. The van der Waals surface area contributed by atoms with Crippen molar-refractivity contribution in [2.45, 2.75) is 19.0 Å². The van der Waals surface area contributed by atoms with Crippen LogP contribution in [0.1, 0.15) is 6.92 Å². The molecule has 0 aliphatic carbocycles. The molecule has 0 aromatic rings. The molecule has 0 spiro atoms. The number of hydrazine groups is 1. The van der Waals surface area contributed by atoms with Gasteiger partial charge in [-0.2, -0.15) is 0 Å². The van der Waals surface area contributed by atoms with Crippen LogP contribution >= 0.6 is 0 Å². The molecule has 5 nitrogen and oxygen atoms in total. The molecule has 0 aromatic heterocycles. The molecular weight excluding hydrogens is 158 g/mol. The topological polar surface area (TPSA) is 67.6 Å². The Morgan fingerprint density at radius 2 is 2.33 bits per heavy atom. The summed E-state index contributed by atoms with van der Waals surface area (Å²) in [4.78, 5) is 13.1. The maximum absolute atomic E-state index is 11.2. The lowest BCUT2D eigenvalue weighted by molar-refractivity contribution is -0.134. The van der Waals surface area contributed by atoms with Gasteiger partial charge in [0.2, 0.25) is 0 Å². The average Bonchev–Trinajstić information content (AvgIpc) is 2.08. The monoisotopic (exact) mass is 173 g/mol. The molecule has 1 rings (SSSR count). The normalized spacial score (nSPS) is 31.6. The Morgan fingerprint density at radius 1 is 1.67 bits per heavy atom. The molecule has 12 heavy (non-hydrogen) atoms. The van der Waals surface area contributed by atoms with Crippen LogP contribution in [-0.4, -0.2) is 43.2 Å². The number of hydrogen-bond acceptors (Lipinski definition) is 4. The summed E-state index contributed by atoms with van der Waals surface area (Å²) in [5.41, 5.74) is 2.13. The molecule has 2 atom stereocenters. The quantitative estimate of drug-likeness (QED) is 0.294. The van der Waals surface area contributed by atoms with Gasteiger partial charge in [-0.1, -0.05) is 0 Å². The van der Waals surface area contributed by atoms with Crippen molar-refractivity contribution in [1.29, 1.82) is 0 Å². The molecule has 3 N–H and O–H groups in total. The van der Waals surface area contributed by atoms with E-state index in [-0.39, 0.29) is 18.0 Å². The van der Waals surface area contributed by atoms with Gasteiger partial charge in [0.25, 0.3) is 5.91 Å². The number of amides is 1. The molecule has 1 heterocycles. The molecule has 1 amide bonds. The van der Waals surface area contributed by atoms with E-state index in [0.717, 1.165) is 0 Å². The van der Waals surface area contributed by atoms with Crippen LogP contribution in [-0.2, 0) is 9.53 Å². The summed E-state index contributed by atoms with van der Waals surface area (Å²) in [6, 6.07) is 0.0137. The first-order valence-electron chi connectivity index (χ1n) is 3.97. The van der Waals surface area contributed by atoms with Crippen LogP contribution in [0.3, 0.4) is 0 Å². The molecule has 1 saturated heterocycles. The Morgan fingerprint density at radius 3 is 2.92 bits per heavy atom.